The van der Waals surface area contributed by atoms with Crippen molar-refractivity contribution in [3.05, 3.63) is 36.5 Å². The van der Waals surface area contributed by atoms with Crippen molar-refractivity contribution in [2.45, 2.75) is 31.8 Å². The molecule has 5 heteroatoms. The molecule has 0 aliphatic carbocycles. The number of anilines is 1. The van der Waals surface area contributed by atoms with Crippen LogP contribution < -0.4 is 14.8 Å². The number of hydrogen-bond donors (Lipinski definition) is 1. The Balaban J connectivity index is 1.50. The lowest BCUT2D eigenvalue weighted by Gasteiger charge is -2.50. The van der Waals surface area contributed by atoms with Crippen LogP contribution in [0, 0.1) is 5.92 Å². The average Bonchev–Trinajstić information content (AvgIpc) is 2.71. The number of ether oxygens (including phenoxy) is 2. The van der Waals surface area contributed by atoms with Gasteiger partial charge in [0.15, 0.2) is 11.5 Å². The van der Waals surface area contributed by atoms with Crippen LogP contribution in [0.4, 0.5) is 5.82 Å². The fraction of sp³-hybridized carbons (Fsp3) is 0.476. The highest BCUT2D eigenvalue weighted by Crippen LogP contribution is 2.35. The molecule has 3 fully saturated rings. The van der Waals surface area contributed by atoms with Crippen molar-refractivity contribution in [1.29, 1.82) is 0 Å². The van der Waals surface area contributed by atoms with Gasteiger partial charge in [-0.2, -0.15) is 0 Å². The SMILES string of the molecule is COc1ccc(-c2ccc(N[C@H]3C4CCN(CC4)[C@@H]3C)nc2)cc1OC. The number of nitrogens with zero attached hydrogens (tertiary/aromatic N) is 2. The molecule has 5 rings (SSSR count). The van der Waals surface area contributed by atoms with Crippen LogP contribution in [0.2, 0.25) is 0 Å². The van der Waals surface area contributed by atoms with E-state index in [1.165, 1.54) is 25.9 Å². The third-order valence-corrected chi connectivity index (χ3v) is 5.97. The van der Waals surface area contributed by atoms with Gasteiger partial charge >= 0.3 is 0 Å². The van der Waals surface area contributed by atoms with Gasteiger partial charge in [0, 0.05) is 23.8 Å². The highest BCUT2D eigenvalue weighted by Gasteiger charge is 2.39. The highest BCUT2D eigenvalue weighted by molar-refractivity contribution is 5.67. The molecule has 2 aromatic rings. The zero-order valence-electron chi connectivity index (χ0n) is 15.7. The van der Waals surface area contributed by atoms with E-state index in [1.807, 2.05) is 24.4 Å². The van der Waals surface area contributed by atoms with E-state index in [-0.39, 0.29) is 0 Å². The Kier molecular flexibility index (Phi) is 4.72. The number of piperidine rings is 3. The summed E-state index contributed by atoms with van der Waals surface area (Å²) in [5.41, 5.74) is 2.14. The van der Waals surface area contributed by atoms with E-state index in [2.05, 4.69) is 34.3 Å². The molecule has 26 heavy (non-hydrogen) atoms. The number of rotatable bonds is 5. The fourth-order valence-corrected chi connectivity index (χ4v) is 4.38. The second-order valence-corrected chi connectivity index (χ2v) is 7.29. The molecule has 2 bridgehead atoms. The molecule has 4 heterocycles. The second-order valence-electron chi connectivity index (χ2n) is 7.29. The molecule has 5 nitrogen and oxygen atoms in total. The van der Waals surface area contributed by atoms with Crippen LogP contribution in [0.15, 0.2) is 36.5 Å². The molecular formula is C21H27N3O2. The van der Waals surface area contributed by atoms with Gasteiger partial charge in [-0.1, -0.05) is 6.07 Å². The molecule has 0 unspecified atom stereocenters. The van der Waals surface area contributed by atoms with Crippen molar-refractivity contribution in [1.82, 2.24) is 9.88 Å². The Labute approximate surface area is 155 Å². The lowest BCUT2D eigenvalue weighted by Crippen LogP contribution is -2.59. The van der Waals surface area contributed by atoms with Crippen LogP contribution in [0.3, 0.4) is 0 Å². The predicted molar refractivity (Wildman–Crippen MR) is 104 cm³/mol. The fourth-order valence-electron chi connectivity index (χ4n) is 4.38. The third kappa shape index (κ3) is 3.12. The molecule has 3 saturated heterocycles. The minimum atomic E-state index is 0.497. The van der Waals surface area contributed by atoms with Gasteiger partial charge in [0.2, 0.25) is 0 Å². The molecule has 3 aliphatic rings. The van der Waals surface area contributed by atoms with Crippen LogP contribution in [-0.2, 0) is 0 Å². The number of hydrogen-bond acceptors (Lipinski definition) is 5. The largest absolute Gasteiger partial charge is 0.493 e. The van der Waals surface area contributed by atoms with Gasteiger partial charge in [0.1, 0.15) is 5.82 Å². The molecule has 1 N–H and O–H groups in total. The van der Waals surface area contributed by atoms with E-state index in [4.69, 9.17) is 9.47 Å². The van der Waals surface area contributed by atoms with Crippen LogP contribution in [0.25, 0.3) is 11.1 Å². The Morgan fingerprint density at radius 2 is 1.73 bits per heavy atom. The monoisotopic (exact) mass is 353 g/mol. The summed E-state index contributed by atoms with van der Waals surface area (Å²) in [6.45, 7) is 4.83. The van der Waals surface area contributed by atoms with Crippen molar-refractivity contribution in [2.24, 2.45) is 5.92 Å². The normalized spacial score (nSPS) is 27.2. The lowest BCUT2D eigenvalue weighted by molar-refractivity contribution is 0.0457. The van der Waals surface area contributed by atoms with E-state index in [1.54, 1.807) is 14.2 Å². The summed E-state index contributed by atoms with van der Waals surface area (Å²) in [7, 11) is 3.30. The Morgan fingerprint density at radius 3 is 2.35 bits per heavy atom. The number of nitrogens with one attached hydrogen (secondary N) is 1. The standard InChI is InChI=1S/C21H27N3O2/c1-14-21(15-8-10-24(14)11-9-15)23-20-7-5-17(13-22-20)16-4-6-18(25-2)19(12-16)26-3/h4-7,12-15,21H,8-11H2,1-3H3,(H,22,23)/t14-,21-/m1/s1. The first-order chi connectivity index (χ1) is 12.7. The number of methoxy groups -OCH3 is 2. The third-order valence-electron chi connectivity index (χ3n) is 5.97. The summed E-state index contributed by atoms with van der Waals surface area (Å²) in [5.74, 6) is 3.19. The first-order valence-corrected chi connectivity index (χ1v) is 9.38. The zero-order chi connectivity index (χ0) is 18.1. The summed E-state index contributed by atoms with van der Waals surface area (Å²) in [6.07, 6.45) is 4.52. The number of fused-ring (bicyclic) bond motifs is 3. The lowest BCUT2D eigenvalue weighted by atomic mass is 9.79. The van der Waals surface area contributed by atoms with E-state index >= 15 is 0 Å². The minimum Gasteiger partial charge on any atom is -0.493 e. The summed E-state index contributed by atoms with van der Waals surface area (Å²) >= 11 is 0. The van der Waals surface area contributed by atoms with Crippen molar-refractivity contribution >= 4 is 5.82 Å². The van der Waals surface area contributed by atoms with Gasteiger partial charge < -0.3 is 14.8 Å². The number of benzene rings is 1. The molecule has 2 atom stereocenters. The van der Waals surface area contributed by atoms with Gasteiger partial charge in [-0.15, -0.1) is 0 Å². The average molecular weight is 353 g/mol. The second kappa shape index (κ2) is 7.16. The molecule has 1 aromatic heterocycles. The smallest absolute Gasteiger partial charge is 0.161 e. The maximum atomic E-state index is 5.40. The number of aromatic nitrogens is 1. The minimum absolute atomic E-state index is 0.497. The summed E-state index contributed by atoms with van der Waals surface area (Å²) < 4.78 is 10.7. The molecule has 1 aromatic carbocycles. The van der Waals surface area contributed by atoms with Crippen molar-refractivity contribution in [3.63, 3.8) is 0 Å². The predicted octanol–water partition coefficient (Wildman–Crippen LogP) is 3.66. The molecular weight excluding hydrogens is 326 g/mol. The summed E-state index contributed by atoms with van der Waals surface area (Å²) in [6, 6.07) is 11.2. The van der Waals surface area contributed by atoms with Crippen LogP contribution in [0.5, 0.6) is 11.5 Å². The molecule has 0 saturated carbocycles. The summed E-state index contributed by atoms with van der Waals surface area (Å²) in [4.78, 5) is 7.26. The first-order valence-electron chi connectivity index (χ1n) is 9.38. The van der Waals surface area contributed by atoms with Gasteiger partial charge in [0.05, 0.1) is 14.2 Å². The Bertz CT molecular complexity index is 752. The van der Waals surface area contributed by atoms with Crippen LogP contribution in [-0.4, -0.2) is 49.3 Å². The maximum absolute atomic E-state index is 5.40. The van der Waals surface area contributed by atoms with Crippen molar-refractivity contribution in [3.8, 4) is 22.6 Å². The molecule has 0 radical (unpaired) electrons. The van der Waals surface area contributed by atoms with E-state index in [0.717, 1.165) is 34.4 Å². The number of pyridine rings is 1. The molecule has 0 spiro atoms. The first kappa shape index (κ1) is 17.2. The van der Waals surface area contributed by atoms with Crippen molar-refractivity contribution < 1.29 is 9.47 Å². The van der Waals surface area contributed by atoms with Crippen LogP contribution in [0.1, 0.15) is 19.8 Å². The zero-order valence-corrected chi connectivity index (χ0v) is 15.7. The van der Waals surface area contributed by atoms with Gasteiger partial charge in [-0.05, 0) is 68.6 Å². The highest BCUT2D eigenvalue weighted by atomic mass is 16.5. The van der Waals surface area contributed by atoms with Crippen molar-refractivity contribution in [2.75, 3.05) is 32.6 Å². The topological polar surface area (TPSA) is 46.6 Å². The van der Waals surface area contributed by atoms with Gasteiger partial charge in [-0.25, -0.2) is 4.98 Å². The van der Waals surface area contributed by atoms with Gasteiger partial charge in [-0.3, -0.25) is 4.90 Å². The Hall–Kier alpha value is -2.27. The van der Waals surface area contributed by atoms with E-state index in [0.29, 0.717) is 12.1 Å². The van der Waals surface area contributed by atoms with Gasteiger partial charge in [0.25, 0.3) is 0 Å². The summed E-state index contributed by atoms with van der Waals surface area (Å²) in [5, 5.41) is 3.68. The molecule has 0 amide bonds. The van der Waals surface area contributed by atoms with E-state index in [9.17, 15) is 0 Å². The molecule has 3 aliphatic heterocycles. The van der Waals surface area contributed by atoms with Crippen LogP contribution >= 0.6 is 0 Å². The maximum Gasteiger partial charge on any atom is 0.161 e. The Morgan fingerprint density at radius 1 is 1.00 bits per heavy atom. The molecule has 138 valence electrons. The van der Waals surface area contributed by atoms with E-state index < -0.39 is 0 Å². The quantitative estimate of drug-likeness (QED) is 0.889.